The van der Waals surface area contributed by atoms with Crippen molar-refractivity contribution in [1.82, 2.24) is 0 Å². The van der Waals surface area contributed by atoms with Gasteiger partial charge in [-0.15, -0.1) is 0 Å². The lowest BCUT2D eigenvalue weighted by molar-refractivity contribution is -0.0715. The molecule has 1 saturated carbocycles. The van der Waals surface area contributed by atoms with Crippen LogP contribution in [0.4, 0.5) is 0 Å². The Morgan fingerprint density at radius 1 is 1.54 bits per heavy atom. The summed E-state index contributed by atoms with van der Waals surface area (Å²) in [6.45, 7) is 2.56. The summed E-state index contributed by atoms with van der Waals surface area (Å²) < 4.78 is 5.55. The van der Waals surface area contributed by atoms with Crippen molar-refractivity contribution in [3.05, 3.63) is 0 Å². The quantitative estimate of drug-likeness (QED) is 0.720. The molecule has 1 N–H and O–H groups in total. The molecule has 1 aliphatic carbocycles. The van der Waals surface area contributed by atoms with E-state index in [1.54, 1.807) is 0 Å². The number of hydrogen-bond donors (Lipinski definition) is 1. The van der Waals surface area contributed by atoms with Gasteiger partial charge in [0, 0.05) is 5.92 Å². The van der Waals surface area contributed by atoms with E-state index in [9.17, 15) is 0 Å². The molecule has 0 spiro atoms. The molecule has 0 heterocycles. The van der Waals surface area contributed by atoms with Gasteiger partial charge in [-0.2, -0.15) is 5.26 Å². The van der Waals surface area contributed by atoms with Crippen molar-refractivity contribution in [1.29, 1.82) is 5.26 Å². The van der Waals surface area contributed by atoms with Crippen molar-refractivity contribution in [3.8, 4) is 6.07 Å². The normalized spacial score (nSPS) is 34.1. The van der Waals surface area contributed by atoms with Crippen LogP contribution in [-0.4, -0.2) is 23.9 Å². The van der Waals surface area contributed by atoms with Gasteiger partial charge in [-0.05, 0) is 32.6 Å². The Hall–Kier alpha value is -0.590. The first-order valence-corrected chi connectivity index (χ1v) is 4.84. The third-order valence-electron chi connectivity index (χ3n) is 2.77. The minimum atomic E-state index is -0.101. The van der Waals surface area contributed by atoms with E-state index in [1.165, 1.54) is 0 Å². The van der Waals surface area contributed by atoms with Gasteiger partial charge in [0.1, 0.15) is 0 Å². The molecule has 0 bridgehead atoms. The van der Waals surface area contributed by atoms with Crippen molar-refractivity contribution >= 4 is 0 Å². The van der Waals surface area contributed by atoms with Gasteiger partial charge >= 0.3 is 0 Å². The van der Waals surface area contributed by atoms with Crippen LogP contribution in [0.15, 0.2) is 0 Å². The molecule has 74 valence electrons. The molecule has 0 saturated heterocycles. The monoisotopic (exact) mass is 183 g/mol. The summed E-state index contributed by atoms with van der Waals surface area (Å²) in [4.78, 5) is 0. The SMILES string of the molecule is CC1(OCCO)CCC(C#N)CC1. The van der Waals surface area contributed by atoms with E-state index in [0.717, 1.165) is 25.7 Å². The predicted molar refractivity (Wildman–Crippen MR) is 49.0 cm³/mol. The molecule has 1 rings (SSSR count). The minimum Gasteiger partial charge on any atom is -0.394 e. The highest BCUT2D eigenvalue weighted by molar-refractivity contribution is 4.92. The van der Waals surface area contributed by atoms with Crippen molar-refractivity contribution in [2.75, 3.05) is 13.2 Å². The highest BCUT2D eigenvalue weighted by Gasteiger charge is 2.31. The first-order chi connectivity index (χ1) is 6.20. The van der Waals surface area contributed by atoms with Crippen LogP contribution in [-0.2, 0) is 4.74 Å². The van der Waals surface area contributed by atoms with E-state index in [1.807, 2.05) is 0 Å². The van der Waals surface area contributed by atoms with Crippen molar-refractivity contribution < 1.29 is 9.84 Å². The number of ether oxygens (including phenoxy) is 1. The van der Waals surface area contributed by atoms with Crippen LogP contribution >= 0.6 is 0 Å². The van der Waals surface area contributed by atoms with E-state index in [4.69, 9.17) is 15.1 Å². The Morgan fingerprint density at radius 2 is 2.15 bits per heavy atom. The fourth-order valence-electron chi connectivity index (χ4n) is 1.79. The van der Waals surface area contributed by atoms with Gasteiger partial charge in [-0.25, -0.2) is 0 Å². The molecule has 13 heavy (non-hydrogen) atoms. The van der Waals surface area contributed by atoms with E-state index in [0.29, 0.717) is 6.61 Å². The van der Waals surface area contributed by atoms with Gasteiger partial charge in [-0.1, -0.05) is 0 Å². The van der Waals surface area contributed by atoms with Crippen molar-refractivity contribution in [2.24, 2.45) is 5.92 Å². The lowest BCUT2D eigenvalue weighted by atomic mass is 9.80. The minimum absolute atomic E-state index is 0.0806. The van der Waals surface area contributed by atoms with Gasteiger partial charge < -0.3 is 9.84 Å². The summed E-state index contributed by atoms with van der Waals surface area (Å²) in [5.74, 6) is 0.214. The largest absolute Gasteiger partial charge is 0.394 e. The Morgan fingerprint density at radius 3 is 2.62 bits per heavy atom. The van der Waals surface area contributed by atoms with Gasteiger partial charge in [-0.3, -0.25) is 0 Å². The van der Waals surface area contributed by atoms with Crippen LogP contribution in [0, 0.1) is 17.2 Å². The van der Waals surface area contributed by atoms with Crippen LogP contribution in [0.2, 0.25) is 0 Å². The summed E-state index contributed by atoms with van der Waals surface area (Å²) >= 11 is 0. The second-order valence-electron chi connectivity index (χ2n) is 3.93. The predicted octanol–water partition coefficient (Wildman–Crippen LogP) is 1.47. The van der Waals surface area contributed by atoms with Gasteiger partial charge in [0.2, 0.25) is 0 Å². The molecule has 0 aromatic heterocycles. The third kappa shape index (κ3) is 2.98. The molecule has 0 aromatic rings. The average molecular weight is 183 g/mol. The van der Waals surface area contributed by atoms with Crippen LogP contribution in [0.5, 0.6) is 0 Å². The molecule has 1 aliphatic rings. The summed E-state index contributed by atoms with van der Waals surface area (Å²) in [5.41, 5.74) is -0.101. The maximum Gasteiger partial charge on any atom is 0.0705 e. The molecule has 0 aliphatic heterocycles. The molecule has 0 aromatic carbocycles. The highest BCUT2D eigenvalue weighted by Crippen LogP contribution is 2.33. The van der Waals surface area contributed by atoms with Crippen LogP contribution in [0.25, 0.3) is 0 Å². The Bertz CT molecular complexity index is 190. The molecular weight excluding hydrogens is 166 g/mol. The van der Waals surface area contributed by atoms with Crippen LogP contribution in [0.3, 0.4) is 0 Å². The zero-order valence-electron chi connectivity index (χ0n) is 8.12. The smallest absolute Gasteiger partial charge is 0.0705 e. The number of rotatable bonds is 3. The second-order valence-corrected chi connectivity index (χ2v) is 3.93. The Kier molecular flexibility index (Phi) is 3.71. The van der Waals surface area contributed by atoms with Gasteiger partial charge in [0.15, 0.2) is 0 Å². The molecule has 1 fully saturated rings. The molecule has 0 unspecified atom stereocenters. The molecule has 0 radical (unpaired) electrons. The van der Waals surface area contributed by atoms with Crippen LogP contribution < -0.4 is 0 Å². The highest BCUT2D eigenvalue weighted by atomic mass is 16.5. The topological polar surface area (TPSA) is 53.2 Å². The Labute approximate surface area is 79.3 Å². The maximum atomic E-state index is 8.71. The summed E-state index contributed by atoms with van der Waals surface area (Å²) in [6.07, 6.45) is 3.73. The number of nitriles is 1. The van der Waals surface area contributed by atoms with Crippen molar-refractivity contribution in [2.45, 2.75) is 38.2 Å². The van der Waals surface area contributed by atoms with Crippen molar-refractivity contribution in [3.63, 3.8) is 0 Å². The zero-order valence-corrected chi connectivity index (χ0v) is 8.12. The Balaban J connectivity index is 2.34. The fraction of sp³-hybridized carbons (Fsp3) is 0.900. The molecule has 3 heteroatoms. The molecule has 0 amide bonds. The number of hydrogen-bond acceptors (Lipinski definition) is 3. The standard InChI is InChI=1S/C10H17NO2/c1-10(13-7-6-12)4-2-9(8-11)3-5-10/h9,12H,2-7H2,1H3. The van der Waals surface area contributed by atoms with E-state index in [-0.39, 0.29) is 18.1 Å². The van der Waals surface area contributed by atoms with Gasteiger partial charge in [0.05, 0.1) is 24.9 Å². The lowest BCUT2D eigenvalue weighted by Crippen LogP contribution is -2.34. The first-order valence-electron chi connectivity index (χ1n) is 4.84. The molecule has 3 nitrogen and oxygen atoms in total. The summed E-state index contributed by atoms with van der Waals surface area (Å²) in [6, 6.07) is 2.29. The first kappa shape index (κ1) is 10.5. The van der Waals surface area contributed by atoms with E-state index >= 15 is 0 Å². The molecule has 0 atom stereocenters. The second kappa shape index (κ2) is 4.59. The van der Waals surface area contributed by atoms with E-state index < -0.39 is 0 Å². The summed E-state index contributed by atoms with van der Waals surface area (Å²) in [7, 11) is 0. The maximum absolute atomic E-state index is 8.71. The molecular formula is C10H17NO2. The number of aliphatic hydroxyl groups excluding tert-OH is 1. The lowest BCUT2D eigenvalue weighted by Gasteiger charge is -2.35. The third-order valence-corrected chi connectivity index (χ3v) is 2.77. The van der Waals surface area contributed by atoms with Gasteiger partial charge in [0.25, 0.3) is 0 Å². The number of nitrogens with zero attached hydrogens (tertiary/aromatic N) is 1. The number of aliphatic hydroxyl groups is 1. The summed E-state index contributed by atoms with van der Waals surface area (Å²) in [5, 5.41) is 17.3. The van der Waals surface area contributed by atoms with Crippen LogP contribution in [0.1, 0.15) is 32.6 Å². The zero-order chi connectivity index (χ0) is 9.73. The average Bonchev–Trinajstić information content (AvgIpc) is 2.16. The fourth-order valence-corrected chi connectivity index (χ4v) is 1.79. The van der Waals surface area contributed by atoms with E-state index in [2.05, 4.69) is 13.0 Å².